The fraction of sp³-hybridized carbons (Fsp3) is 0.889. The van der Waals surface area contributed by atoms with Crippen molar-refractivity contribution in [3.63, 3.8) is 0 Å². The topological polar surface area (TPSA) is 81.1 Å². The van der Waals surface area contributed by atoms with Gasteiger partial charge in [0.15, 0.2) is 0 Å². The van der Waals surface area contributed by atoms with Gasteiger partial charge in [-0.05, 0) is 33.2 Å². The Balaban J connectivity index is 3.41. The average molecular weight is 187 g/mol. The lowest BCUT2D eigenvalue weighted by Crippen LogP contribution is -2.34. The molecule has 0 aromatic carbocycles. The summed E-state index contributed by atoms with van der Waals surface area (Å²) in [6.07, 6.45) is 2.04. The van der Waals surface area contributed by atoms with Crippen LogP contribution in [0.15, 0.2) is 0 Å². The summed E-state index contributed by atoms with van der Waals surface area (Å²) in [5.41, 5.74) is 10.8. The van der Waals surface area contributed by atoms with Gasteiger partial charge in [-0.2, -0.15) is 0 Å². The number of carbonyl (C=O) groups excluding carboxylic acids is 1. The number of amides is 1. The van der Waals surface area contributed by atoms with Gasteiger partial charge < -0.3 is 16.8 Å². The summed E-state index contributed by atoms with van der Waals surface area (Å²) in [6, 6.07) is 0. The first-order valence-electron chi connectivity index (χ1n) is 4.71. The van der Waals surface area contributed by atoms with Crippen molar-refractivity contribution in [2.75, 3.05) is 13.1 Å². The van der Waals surface area contributed by atoms with Gasteiger partial charge in [-0.1, -0.05) is 0 Å². The first-order chi connectivity index (χ1) is 5.95. The molecule has 0 atom stereocenters. The fourth-order valence-electron chi connectivity index (χ4n) is 0.854. The zero-order chi connectivity index (χ0) is 10.3. The Bertz CT molecular complexity index is 151. The number of rotatable bonds is 6. The summed E-state index contributed by atoms with van der Waals surface area (Å²) in [6.45, 7) is 5.11. The maximum Gasteiger partial charge on any atom is 0.220 e. The van der Waals surface area contributed by atoms with Crippen molar-refractivity contribution in [2.24, 2.45) is 11.5 Å². The Kier molecular flexibility index (Phi) is 5.66. The standard InChI is InChI=1S/C9H21N3O/c1-9(2,11)5-4-8(13)12-7-3-6-10/h3-7,10-11H2,1-2H3,(H,12,13). The molecule has 4 nitrogen and oxygen atoms in total. The highest BCUT2D eigenvalue weighted by Crippen LogP contribution is 2.06. The maximum absolute atomic E-state index is 11.2. The quantitative estimate of drug-likeness (QED) is 0.511. The monoisotopic (exact) mass is 187 g/mol. The fourth-order valence-corrected chi connectivity index (χ4v) is 0.854. The zero-order valence-electron chi connectivity index (χ0n) is 8.60. The molecule has 0 rings (SSSR count). The Morgan fingerprint density at radius 2 is 2.08 bits per heavy atom. The molecular formula is C9H21N3O. The van der Waals surface area contributed by atoms with E-state index in [-0.39, 0.29) is 11.4 Å². The van der Waals surface area contributed by atoms with Gasteiger partial charge in [0, 0.05) is 18.5 Å². The molecule has 0 radical (unpaired) electrons. The number of hydrogen-bond donors (Lipinski definition) is 3. The maximum atomic E-state index is 11.2. The molecule has 78 valence electrons. The molecule has 0 aliphatic rings. The van der Waals surface area contributed by atoms with Crippen LogP contribution in [0.2, 0.25) is 0 Å². The third-order valence-electron chi connectivity index (χ3n) is 1.70. The normalized spacial score (nSPS) is 11.4. The Morgan fingerprint density at radius 3 is 2.54 bits per heavy atom. The first-order valence-corrected chi connectivity index (χ1v) is 4.71. The van der Waals surface area contributed by atoms with Crippen molar-refractivity contribution < 1.29 is 4.79 Å². The highest BCUT2D eigenvalue weighted by molar-refractivity contribution is 5.75. The predicted molar refractivity (Wildman–Crippen MR) is 54.2 cm³/mol. The lowest BCUT2D eigenvalue weighted by molar-refractivity contribution is -0.121. The van der Waals surface area contributed by atoms with E-state index in [9.17, 15) is 4.79 Å². The molecule has 0 aromatic rings. The molecule has 0 bridgehead atoms. The van der Waals surface area contributed by atoms with Gasteiger partial charge in [0.2, 0.25) is 5.91 Å². The van der Waals surface area contributed by atoms with E-state index in [1.54, 1.807) is 0 Å². The lowest BCUT2D eigenvalue weighted by atomic mass is 10.00. The number of carbonyl (C=O) groups is 1. The van der Waals surface area contributed by atoms with Gasteiger partial charge in [-0.15, -0.1) is 0 Å². The molecular weight excluding hydrogens is 166 g/mol. The molecule has 5 N–H and O–H groups in total. The summed E-state index contributed by atoms with van der Waals surface area (Å²) < 4.78 is 0. The second-order valence-electron chi connectivity index (χ2n) is 3.98. The minimum atomic E-state index is -0.259. The number of nitrogens with two attached hydrogens (primary N) is 2. The molecule has 1 amide bonds. The number of nitrogens with one attached hydrogen (secondary N) is 1. The molecule has 0 saturated carbocycles. The largest absolute Gasteiger partial charge is 0.356 e. The van der Waals surface area contributed by atoms with Crippen LogP contribution in [0.5, 0.6) is 0 Å². The van der Waals surface area contributed by atoms with Crippen molar-refractivity contribution in [3.8, 4) is 0 Å². The molecule has 0 spiro atoms. The van der Waals surface area contributed by atoms with Crippen LogP contribution in [-0.4, -0.2) is 24.5 Å². The van der Waals surface area contributed by atoms with Gasteiger partial charge >= 0.3 is 0 Å². The lowest BCUT2D eigenvalue weighted by Gasteiger charge is -2.17. The Morgan fingerprint density at radius 1 is 1.46 bits per heavy atom. The van der Waals surface area contributed by atoms with Gasteiger partial charge in [-0.3, -0.25) is 4.79 Å². The van der Waals surface area contributed by atoms with Crippen molar-refractivity contribution in [1.29, 1.82) is 0 Å². The minimum Gasteiger partial charge on any atom is -0.356 e. The molecule has 0 unspecified atom stereocenters. The van der Waals surface area contributed by atoms with E-state index >= 15 is 0 Å². The van der Waals surface area contributed by atoms with E-state index in [2.05, 4.69) is 5.32 Å². The third kappa shape index (κ3) is 9.30. The zero-order valence-corrected chi connectivity index (χ0v) is 8.60. The van der Waals surface area contributed by atoms with E-state index in [0.29, 0.717) is 25.9 Å². The van der Waals surface area contributed by atoms with Crippen molar-refractivity contribution >= 4 is 5.91 Å². The third-order valence-corrected chi connectivity index (χ3v) is 1.70. The number of hydrogen-bond acceptors (Lipinski definition) is 3. The molecule has 0 saturated heterocycles. The van der Waals surface area contributed by atoms with Crippen LogP contribution in [0, 0.1) is 0 Å². The van der Waals surface area contributed by atoms with Crippen LogP contribution >= 0.6 is 0 Å². The van der Waals surface area contributed by atoms with Crippen molar-refractivity contribution in [3.05, 3.63) is 0 Å². The summed E-state index contributed by atoms with van der Waals surface area (Å²) in [5, 5.41) is 2.78. The van der Waals surface area contributed by atoms with Crippen molar-refractivity contribution in [2.45, 2.75) is 38.6 Å². The van der Waals surface area contributed by atoms with E-state index in [1.165, 1.54) is 0 Å². The molecule has 0 aliphatic heterocycles. The smallest absolute Gasteiger partial charge is 0.220 e. The molecule has 0 aromatic heterocycles. The van der Waals surface area contributed by atoms with E-state index < -0.39 is 0 Å². The second-order valence-corrected chi connectivity index (χ2v) is 3.98. The SMILES string of the molecule is CC(C)(N)CCC(=O)NCCCN. The minimum absolute atomic E-state index is 0.0620. The van der Waals surface area contributed by atoms with Crippen molar-refractivity contribution in [1.82, 2.24) is 5.32 Å². The van der Waals surface area contributed by atoms with E-state index in [4.69, 9.17) is 11.5 Å². The second kappa shape index (κ2) is 5.94. The van der Waals surface area contributed by atoms with Gasteiger partial charge in [0.1, 0.15) is 0 Å². The van der Waals surface area contributed by atoms with Gasteiger partial charge in [0.25, 0.3) is 0 Å². The van der Waals surface area contributed by atoms with Crippen LogP contribution in [0.25, 0.3) is 0 Å². The van der Waals surface area contributed by atoms with Gasteiger partial charge in [0.05, 0.1) is 0 Å². The summed E-state index contributed by atoms with van der Waals surface area (Å²) in [5.74, 6) is 0.0620. The predicted octanol–water partition coefficient (Wildman–Crippen LogP) is -0.0311. The highest BCUT2D eigenvalue weighted by atomic mass is 16.1. The van der Waals surface area contributed by atoms with Crippen LogP contribution < -0.4 is 16.8 Å². The Hall–Kier alpha value is -0.610. The molecule has 4 heteroatoms. The van der Waals surface area contributed by atoms with Crippen LogP contribution in [0.4, 0.5) is 0 Å². The summed E-state index contributed by atoms with van der Waals surface area (Å²) >= 11 is 0. The van der Waals surface area contributed by atoms with Gasteiger partial charge in [-0.25, -0.2) is 0 Å². The molecule has 0 aliphatic carbocycles. The molecule has 0 fully saturated rings. The Labute approximate surface area is 80.0 Å². The molecule has 13 heavy (non-hydrogen) atoms. The average Bonchev–Trinajstić information content (AvgIpc) is 2.00. The van der Waals surface area contributed by atoms with Crippen LogP contribution in [0.1, 0.15) is 33.1 Å². The van der Waals surface area contributed by atoms with E-state index in [1.807, 2.05) is 13.8 Å². The molecule has 0 heterocycles. The first kappa shape index (κ1) is 12.4. The van der Waals surface area contributed by atoms with Crippen LogP contribution in [0.3, 0.4) is 0 Å². The van der Waals surface area contributed by atoms with E-state index in [0.717, 1.165) is 6.42 Å². The summed E-state index contributed by atoms with van der Waals surface area (Å²) in [4.78, 5) is 11.2. The summed E-state index contributed by atoms with van der Waals surface area (Å²) in [7, 11) is 0. The van der Waals surface area contributed by atoms with Crippen LogP contribution in [-0.2, 0) is 4.79 Å². The highest BCUT2D eigenvalue weighted by Gasteiger charge is 2.12.